The van der Waals surface area contributed by atoms with Crippen LogP contribution in [0.1, 0.15) is 27.4 Å². The molecule has 2 aromatic carbocycles. The van der Waals surface area contributed by atoms with Gasteiger partial charge in [-0.05, 0) is 56.3 Å². The summed E-state index contributed by atoms with van der Waals surface area (Å²) < 4.78 is 16.4. The predicted molar refractivity (Wildman–Crippen MR) is 118 cm³/mol. The van der Waals surface area contributed by atoms with Crippen LogP contribution in [0.25, 0.3) is 0 Å². The lowest BCUT2D eigenvalue weighted by atomic mass is 10.1. The van der Waals surface area contributed by atoms with E-state index in [0.29, 0.717) is 41.6 Å². The van der Waals surface area contributed by atoms with E-state index < -0.39 is 0 Å². The van der Waals surface area contributed by atoms with Crippen molar-refractivity contribution in [2.24, 2.45) is 0 Å². The number of urea groups is 1. The largest absolute Gasteiger partial charge is 0.493 e. The third-order valence-corrected chi connectivity index (χ3v) is 5.27. The number of aryl methyl sites for hydroxylation is 2. The summed E-state index contributed by atoms with van der Waals surface area (Å²) in [6.07, 6.45) is 0. The van der Waals surface area contributed by atoms with Crippen LogP contribution in [0.3, 0.4) is 0 Å². The molecule has 0 aliphatic carbocycles. The highest BCUT2D eigenvalue weighted by Gasteiger charge is 2.21. The van der Waals surface area contributed by atoms with Crippen LogP contribution in [-0.2, 0) is 6.61 Å². The summed E-state index contributed by atoms with van der Waals surface area (Å²) in [6, 6.07) is 12.0. The number of ether oxygens (including phenoxy) is 2. The fraction of sp³-hybridized carbons (Fsp3) is 0.261. The Morgan fingerprint density at radius 2 is 1.97 bits per heavy atom. The summed E-state index contributed by atoms with van der Waals surface area (Å²) in [5, 5.41) is 9.53. The molecule has 9 nitrogen and oxygen atoms in total. The fourth-order valence-electron chi connectivity index (χ4n) is 3.43. The number of hydrogen-bond acceptors (Lipinski definition) is 6. The maximum absolute atomic E-state index is 12.7. The summed E-state index contributed by atoms with van der Waals surface area (Å²) in [5.41, 5.74) is 3.47. The maximum atomic E-state index is 12.7. The quantitative estimate of drug-likeness (QED) is 0.586. The second kappa shape index (κ2) is 9.01. The van der Waals surface area contributed by atoms with Gasteiger partial charge in [-0.3, -0.25) is 9.69 Å². The van der Waals surface area contributed by atoms with Crippen LogP contribution < -0.4 is 25.0 Å². The average molecular weight is 436 g/mol. The molecule has 1 saturated heterocycles. The first-order valence-electron chi connectivity index (χ1n) is 10.2. The molecule has 2 heterocycles. The van der Waals surface area contributed by atoms with Crippen LogP contribution in [-0.4, -0.2) is 37.3 Å². The van der Waals surface area contributed by atoms with Gasteiger partial charge in [-0.15, -0.1) is 0 Å². The van der Waals surface area contributed by atoms with Crippen LogP contribution in [0, 0.1) is 13.8 Å². The molecular formula is C23H24N4O5. The number of benzene rings is 2. The Kier molecular flexibility index (Phi) is 5.98. The Hall–Kier alpha value is -4.01. The Morgan fingerprint density at radius 1 is 1.19 bits per heavy atom. The van der Waals surface area contributed by atoms with Crippen molar-refractivity contribution < 1.29 is 23.6 Å². The van der Waals surface area contributed by atoms with Crippen molar-refractivity contribution in [1.29, 1.82) is 0 Å². The Balaban J connectivity index is 1.43. The highest BCUT2D eigenvalue weighted by molar-refractivity contribution is 6.05. The minimum atomic E-state index is -0.285. The smallest absolute Gasteiger partial charge is 0.321 e. The summed E-state index contributed by atoms with van der Waals surface area (Å²) in [4.78, 5) is 26.1. The Labute approximate surface area is 185 Å². The summed E-state index contributed by atoms with van der Waals surface area (Å²) in [6.45, 7) is 5.21. The van der Waals surface area contributed by atoms with Crippen molar-refractivity contribution in [3.63, 3.8) is 0 Å². The van der Waals surface area contributed by atoms with Crippen molar-refractivity contribution in [3.8, 4) is 11.5 Å². The van der Waals surface area contributed by atoms with E-state index in [-0.39, 0.29) is 18.5 Å². The molecule has 2 N–H and O–H groups in total. The molecule has 1 fully saturated rings. The molecule has 4 rings (SSSR count). The van der Waals surface area contributed by atoms with E-state index in [9.17, 15) is 9.59 Å². The van der Waals surface area contributed by atoms with Crippen LogP contribution in [0.5, 0.6) is 11.5 Å². The molecule has 0 radical (unpaired) electrons. The van der Waals surface area contributed by atoms with Gasteiger partial charge >= 0.3 is 6.03 Å². The van der Waals surface area contributed by atoms with Gasteiger partial charge in [-0.1, -0.05) is 5.16 Å². The molecule has 3 aromatic rings. The zero-order valence-corrected chi connectivity index (χ0v) is 18.1. The van der Waals surface area contributed by atoms with Crippen molar-refractivity contribution in [2.45, 2.75) is 20.5 Å². The molecular weight excluding hydrogens is 412 g/mol. The van der Waals surface area contributed by atoms with Crippen LogP contribution in [0.2, 0.25) is 0 Å². The van der Waals surface area contributed by atoms with Gasteiger partial charge in [-0.2, -0.15) is 0 Å². The molecule has 3 amide bonds. The summed E-state index contributed by atoms with van der Waals surface area (Å²) >= 11 is 0. The van der Waals surface area contributed by atoms with Crippen molar-refractivity contribution in [3.05, 3.63) is 65.0 Å². The van der Waals surface area contributed by atoms with Gasteiger partial charge in [-0.25, -0.2) is 4.79 Å². The highest BCUT2D eigenvalue weighted by atomic mass is 16.5. The molecule has 0 saturated carbocycles. The van der Waals surface area contributed by atoms with Gasteiger partial charge in [0.1, 0.15) is 12.4 Å². The monoisotopic (exact) mass is 436 g/mol. The molecule has 32 heavy (non-hydrogen) atoms. The van der Waals surface area contributed by atoms with E-state index in [2.05, 4.69) is 15.8 Å². The first-order valence-corrected chi connectivity index (χ1v) is 10.2. The van der Waals surface area contributed by atoms with Crippen LogP contribution in [0.4, 0.5) is 16.2 Å². The Morgan fingerprint density at radius 3 is 2.59 bits per heavy atom. The predicted octanol–water partition coefficient (Wildman–Crippen LogP) is 3.66. The standard InChI is InChI=1S/C23H24N4O5/c1-14-19(15(2)32-26-14)13-31-20-9-4-16(12-21(20)30-3)22(28)25-17-5-7-18(8-6-17)27-11-10-24-23(27)29/h4-9,12H,10-11,13H2,1-3H3,(H,24,29)(H,25,28). The van der Waals surface area contributed by atoms with E-state index in [1.54, 1.807) is 47.4 Å². The molecule has 9 heteroatoms. The number of nitrogens with zero attached hydrogens (tertiary/aromatic N) is 2. The molecule has 0 spiro atoms. The lowest BCUT2D eigenvalue weighted by Gasteiger charge is -2.15. The molecule has 166 valence electrons. The second-order valence-electron chi connectivity index (χ2n) is 7.34. The number of carbonyl (C=O) groups is 2. The number of carbonyl (C=O) groups excluding carboxylic acids is 2. The average Bonchev–Trinajstić information content (AvgIpc) is 3.37. The van der Waals surface area contributed by atoms with E-state index in [4.69, 9.17) is 14.0 Å². The van der Waals surface area contributed by atoms with Crippen molar-refractivity contribution in [1.82, 2.24) is 10.5 Å². The highest BCUT2D eigenvalue weighted by Crippen LogP contribution is 2.30. The minimum absolute atomic E-state index is 0.120. The van der Waals surface area contributed by atoms with E-state index >= 15 is 0 Å². The summed E-state index contributed by atoms with van der Waals surface area (Å²) in [7, 11) is 1.52. The third-order valence-electron chi connectivity index (χ3n) is 5.27. The van der Waals surface area contributed by atoms with Gasteiger partial charge < -0.3 is 24.6 Å². The number of amides is 3. The van der Waals surface area contributed by atoms with E-state index in [0.717, 1.165) is 16.9 Å². The molecule has 0 bridgehead atoms. The normalized spacial score (nSPS) is 13.1. The van der Waals surface area contributed by atoms with Crippen LogP contribution >= 0.6 is 0 Å². The number of rotatable bonds is 7. The van der Waals surface area contributed by atoms with Crippen molar-refractivity contribution in [2.75, 3.05) is 30.4 Å². The molecule has 0 atom stereocenters. The van der Waals surface area contributed by atoms with Gasteiger partial charge in [0.25, 0.3) is 5.91 Å². The number of methoxy groups -OCH3 is 1. The van der Waals surface area contributed by atoms with Crippen molar-refractivity contribution >= 4 is 23.3 Å². The first kappa shape index (κ1) is 21.2. The SMILES string of the molecule is COc1cc(C(=O)Nc2ccc(N3CCNC3=O)cc2)ccc1OCc1c(C)noc1C. The topological polar surface area (TPSA) is 106 Å². The zero-order valence-electron chi connectivity index (χ0n) is 18.1. The minimum Gasteiger partial charge on any atom is -0.493 e. The zero-order chi connectivity index (χ0) is 22.7. The molecule has 1 aromatic heterocycles. The second-order valence-corrected chi connectivity index (χ2v) is 7.34. The molecule has 0 unspecified atom stereocenters. The third kappa shape index (κ3) is 4.36. The first-order chi connectivity index (χ1) is 15.5. The van der Waals surface area contributed by atoms with Gasteiger partial charge in [0.15, 0.2) is 11.5 Å². The number of aromatic nitrogens is 1. The Bertz CT molecular complexity index is 1120. The van der Waals surface area contributed by atoms with Crippen LogP contribution in [0.15, 0.2) is 47.0 Å². The fourth-order valence-corrected chi connectivity index (χ4v) is 3.43. The lowest BCUT2D eigenvalue weighted by molar-refractivity contribution is 0.102. The number of hydrogen-bond donors (Lipinski definition) is 2. The maximum Gasteiger partial charge on any atom is 0.321 e. The number of anilines is 2. The van der Waals surface area contributed by atoms with E-state index in [1.165, 1.54) is 7.11 Å². The lowest BCUT2D eigenvalue weighted by Crippen LogP contribution is -2.27. The summed E-state index contributed by atoms with van der Waals surface area (Å²) in [5.74, 6) is 1.37. The van der Waals surface area contributed by atoms with Gasteiger partial charge in [0.05, 0.1) is 18.4 Å². The van der Waals surface area contributed by atoms with Gasteiger partial charge in [0, 0.05) is 30.0 Å². The van der Waals surface area contributed by atoms with Gasteiger partial charge in [0.2, 0.25) is 0 Å². The van der Waals surface area contributed by atoms with E-state index in [1.807, 2.05) is 13.8 Å². The molecule has 1 aliphatic rings. The number of nitrogens with one attached hydrogen (secondary N) is 2. The molecule has 1 aliphatic heterocycles.